The fraction of sp³-hybridized carbons (Fsp3) is 0.500. The molecule has 2 unspecified atom stereocenters. The van der Waals surface area contributed by atoms with Gasteiger partial charge in [-0.1, -0.05) is 0 Å². The number of nitrogens with zero attached hydrogens (tertiary/aromatic N) is 3. The number of hydrogen-bond donors (Lipinski definition) is 1. The van der Waals surface area contributed by atoms with Crippen molar-refractivity contribution in [3.8, 4) is 6.07 Å². The highest BCUT2D eigenvalue weighted by Crippen LogP contribution is 2.30. The van der Waals surface area contributed by atoms with Crippen LogP contribution in [0.3, 0.4) is 0 Å². The molecule has 3 heterocycles. The average Bonchev–Trinajstić information content (AvgIpc) is 2.59. The molecule has 0 amide bonds. The molecule has 0 aliphatic carbocycles. The van der Waals surface area contributed by atoms with Crippen LogP contribution in [0.1, 0.15) is 18.4 Å². The van der Waals surface area contributed by atoms with Crippen molar-refractivity contribution in [2.75, 3.05) is 18.0 Å². The molecular weight excluding hydrogens is 200 g/mol. The second-order valence-corrected chi connectivity index (χ2v) is 4.47. The Balaban J connectivity index is 1.89. The van der Waals surface area contributed by atoms with Crippen LogP contribution in [0.25, 0.3) is 0 Å². The Labute approximate surface area is 94.9 Å². The first-order valence-electron chi connectivity index (χ1n) is 5.73. The van der Waals surface area contributed by atoms with E-state index in [-0.39, 0.29) is 0 Å². The van der Waals surface area contributed by atoms with Crippen molar-refractivity contribution in [2.45, 2.75) is 24.9 Å². The second kappa shape index (κ2) is 3.76. The lowest BCUT2D eigenvalue weighted by atomic mass is 10.2. The standard InChI is InChI=1S/C12H14N4/c13-5-9-1-4-12(15-6-9)16-10-2-3-11(16)8-14-7-10/h1,4,6,10-11,14H,2-3,7-8H2. The van der Waals surface area contributed by atoms with E-state index in [0.717, 1.165) is 18.9 Å². The number of piperazine rings is 1. The summed E-state index contributed by atoms with van der Waals surface area (Å²) in [6.07, 6.45) is 4.16. The summed E-state index contributed by atoms with van der Waals surface area (Å²) in [5, 5.41) is 12.2. The lowest BCUT2D eigenvalue weighted by Gasteiger charge is -2.36. The monoisotopic (exact) mass is 214 g/mol. The van der Waals surface area contributed by atoms with Crippen molar-refractivity contribution in [3.05, 3.63) is 23.9 Å². The quantitative estimate of drug-likeness (QED) is 0.754. The third-order valence-corrected chi connectivity index (χ3v) is 3.52. The van der Waals surface area contributed by atoms with E-state index in [1.165, 1.54) is 12.8 Å². The topological polar surface area (TPSA) is 52.0 Å². The number of aromatic nitrogens is 1. The Morgan fingerprint density at radius 1 is 1.31 bits per heavy atom. The molecule has 1 aromatic heterocycles. The first-order valence-corrected chi connectivity index (χ1v) is 5.73. The highest BCUT2D eigenvalue weighted by Gasteiger charge is 2.36. The zero-order valence-corrected chi connectivity index (χ0v) is 9.06. The largest absolute Gasteiger partial charge is 0.348 e. The number of nitrogens with one attached hydrogen (secondary N) is 1. The smallest absolute Gasteiger partial charge is 0.129 e. The number of pyridine rings is 1. The molecule has 0 radical (unpaired) electrons. The number of hydrogen-bond acceptors (Lipinski definition) is 4. The maximum absolute atomic E-state index is 8.74. The van der Waals surface area contributed by atoms with E-state index in [1.807, 2.05) is 12.1 Å². The van der Waals surface area contributed by atoms with Gasteiger partial charge in [0.2, 0.25) is 0 Å². The van der Waals surface area contributed by atoms with Crippen molar-refractivity contribution in [2.24, 2.45) is 0 Å². The van der Waals surface area contributed by atoms with Gasteiger partial charge in [0.15, 0.2) is 0 Å². The van der Waals surface area contributed by atoms with Gasteiger partial charge in [-0.2, -0.15) is 5.26 Å². The van der Waals surface area contributed by atoms with Gasteiger partial charge in [-0.25, -0.2) is 4.98 Å². The normalized spacial score (nSPS) is 27.8. The van der Waals surface area contributed by atoms with Crippen molar-refractivity contribution >= 4 is 5.82 Å². The number of rotatable bonds is 1. The third-order valence-electron chi connectivity index (χ3n) is 3.52. The predicted molar refractivity (Wildman–Crippen MR) is 61.1 cm³/mol. The van der Waals surface area contributed by atoms with Gasteiger partial charge in [0.25, 0.3) is 0 Å². The summed E-state index contributed by atoms with van der Waals surface area (Å²) in [6.45, 7) is 2.11. The van der Waals surface area contributed by atoms with E-state index in [2.05, 4.69) is 21.3 Å². The molecule has 0 saturated carbocycles. The van der Waals surface area contributed by atoms with Crippen LogP contribution < -0.4 is 10.2 Å². The SMILES string of the molecule is N#Cc1ccc(N2C3CCC2CNC3)nc1. The van der Waals surface area contributed by atoms with E-state index in [4.69, 9.17) is 5.26 Å². The fourth-order valence-electron chi connectivity index (χ4n) is 2.76. The molecule has 2 saturated heterocycles. The third kappa shape index (κ3) is 1.44. The highest BCUT2D eigenvalue weighted by molar-refractivity contribution is 5.46. The van der Waals surface area contributed by atoms with E-state index >= 15 is 0 Å². The summed E-state index contributed by atoms with van der Waals surface area (Å²) >= 11 is 0. The summed E-state index contributed by atoms with van der Waals surface area (Å²) in [7, 11) is 0. The predicted octanol–water partition coefficient (Wildman–Crippen LogP) is 0.894. The second-order valence-electron chi connectivity index (χ2n) is 4.47. The molecule has 2 atom stereocenters. The number of nitriles is 1. The van der Waals surface area contributed by atoms with Crippen molar-refractivity contribution in [1.82, 2.24) is 10.3 Å². The molecular formula is C12H14N4. The summed E-state index contributed by atoms with van der Waals surface area (Å²) in [5.74, 6) is 1.02. The Hall–Kier alpha value is -1.60. The summed E-state index contributed by atoms with van der Waals surface area (Å²) in [5.41, 5.74) is 0.631. The molecule has 0 aromatic carbocycles. The average molecular weight is 214 g/mol. The molecule has 0 spiro atoms. The first kappa shape index (κ1) is 9.61. The van der Waals surface area contributed by atoms with Crippen LogP contribution in [0.15, 0.2) is 18.3 Å². The molecule has 3 rings (SSSR count). The lowest BCUT2D eigenvalue weighted by Crippen LogP contribution is -2.52. The molecule has 2 bridgehead atoms. The fourth-order valence-corrected chi connectivity index (χ4v) is 2.76. The van der Waals surface area contributed by atoms with Gasteiger partial charge in [-0.3, -0.25) is 0 Å². The summed E-state index contributed by atoms with van der Waals surface area (Å²) in [4.78, 5) is 6.80. The minimum Gasteiger partial charge on any atom is -0.348 e. The van der Waals surface area contributed by atoms with Crippen molar-refractivity contribution in [1.29, 1.82) is 5.26 Å². The molecule has 1 aromatic rings. The van der Waals surface area contributed by atoms with Gasteiger partial charge >= 0.3 is 0 Å². The zero-order chi connectivity index (χ0) is 11.0. The van der Waals surface area contributed by atoms with Crippen molar-refractivity contribution < 1.29 is 0 Å². The summed E-state index contributed by atoms with van der Waals surface area (Å²) in [6, 6.07) is 7.09. The van der Waals surface area contributed by atoms with Gasteiger partial charge in [0, 0.05) is 31.4 Å². The Kier molecular flexibility index (Phi) is 2.26. The maximum Gasteiger partial charge on any atom is 0.129 e. The lowest BCUT2D eigenvalue weighted by molar-refractivity contribution is 0.481. The van der Waals surface area contributed by atoms with Crippen LogP contribution in [0, 0.1) is 11.3 Å². The molecule has 82 valence electrons. The van der Waals surface area contributed by atoms with E-state index in [0.29, 0.717) is 17.6 Å². The zero-order valence-electron chi connectivity index (χ0n) is 9.06. The minimum absolute atomic E-state index is 0.583. The molecule has 2 fully saturated rings. The van der Waals surface area contributed by atoms with Crippen LogP contribution >= 0.6 is 0 Å². The highest BCUT2D eigenvalue weighted by atomic mass is 15.3. The van der Waals surface area contributed by atoms with Crippen LogP contribution in [0.4, 0.5) is 5.82 Å². The molecule has 1 N–H and O–H groups in total. The van der Waals surface area contributed by atoms with Crippen LogP contribution in [0.2, 0.25) is 0 Å². The Morgan fingerprint density at radius 3 is 2.62 bits per heavy atom. The van der Waals surface area contributed by atoms with Crippen LogP contribution in [-0.2, 0) is 0 Å². The van der Waals surface area contributed by atoms with Gasteiger partial charge in [0.05, 0.1) is 5.56 Å². The maximum atomic E-state index is 8.74. The van der Waals surface area contributed by atoms with Crippen LogP contribution in [0.5, 0.6) is 0 Å². The first-order chi connectivity index (χ1) is 7.88. The van der Waals surface area contributed by atoms with E-state index < -0.39 is 0 Å². The van der Waals surface area contributed by atoms with Gasteiger partial charge in [-0.05, 0) is 25.0 Å². The number of fused-ring (bicyclic) bond motifs is 2. The molecule has 2 aliphatic rings. The number of anilines is 1. The van der Waals surface area contributed by atoms with Crippen molar-refractivity contribution in [3.63, 3.8) is 0 Å². The summed E-state index contributed by atoms with van der Waals surface area (Å²) < 4.78 is 0. The van der Waals surface area contributed by atoms with Gasteiger partial charge in [-0.15, -0.1) is 0 Å². The molecule has 4 heteroatoms. The van der Waals surface area contributed by atoms with E-state index in [9.17, 15) is 0 Å². The van der Waals surface area contributed by atoms with Gasteiger partial charge < -0.3 is 10.2 Å². The van der Waals surface area contributed by atoms with Gasteiger partial charge in [0.1, 0.15) is 11.9 Å². The minimum atomic E-state index is 0.583. The molecule has 16 heavy (non-hydrogen) atoms. The molecule has 4 nitrogen and oxygen atoms in total. The van der Waals surface area contributed by atoms with Crippen LogP contribution in [-0.4, -0.2) is 30.2 Å². The Bertz CT molecular complexity index is 404. The Morgan fingerprint density at radius 2 is 2.06 bits per heavy atom. The molecule has 2 aliphatic heterocycles. The van der Waals surface area contributed by atoms with E-state index in [1.54, 1.807) is 6.20 Å².